The van der Waals surface area contributed by atoms with Gasteiger partial charge in [-0.25, -0.2) is 9.97 Å². The molecule has 0 bridgehead atoms. The Bertz CT molecular complexity index is 2560. The number of hydrogen-bond donors (Lipinski definition) is 0. The Hall–Kier alpha value is -5.13. The van der Waals surface area contributed by atoms with E-state index in [4.69, 9.17) is 9.72 Å². The number of para-hydroxylation sites is 1. The molecule has 1 aliphatic rings. The Labute approximate surface area is 299 Å². The van der Waals surface area contributed by atoms with E-state index in [2.05, 4.69) is 144 Å². The summed E-state index contributed by atoms with van der Waals surface area (Å²) in [6.45, 7) is 8.76. The second kappa shape index (κ2) is 11.5. The summed E-state index contributed by atoms with van der Waals surface area (Å²) in [6, 6.07) is 38.5. The first-order chi connectivity index (χ1) is 23.2. The van der Waals surface area contributed by atoms with E-state index in [0.717, 1.165) is 61.2 Å². The van der Waals surface area contributed by atoms with Crippen LogP contribution < -0.4 is 14.5 Å². The van der Waals surface area contributed by atoms with E-state index < -0.39 is 0 Å². The van der Waals surface area contributed by atoms with Crippen molar-refractivity contribution in [2.45, 2.75) is 26.2 Å². The smallest absolute Gasteiger partial charge is 0.140 e. The molecule has 7 nitrogen and oxygen atoms in total. The van der Waals surface area contributed by atoms with Gasteiger partial charge in [-0.1, -0.05) is 44.5 Å². The van der Waals surface area contributed by atoms with E-state index in [9.17, 15) is 0 Å². The number of aromatic nitrogens is 4. The second-order valence-corrected chi connectivity index (χ2v) is 13.5. The minimum atomic E-state index is -0.00449. The Morgan fingerprint density at radius 1 is 0.694 bits per heavy atom. The van der Waals surface area contributed by atoms with E-state index in [0.29, 0.717) is 11.5 Å². The number of benzene rings is 4. The van der Waals surface area contributed by atoms with Gasteiger partial charge in [0, 0.05) is 79.7 Å². The minimum absolute atomic E-state index is 0. The van der Waals surface area contributed by atoms with E-state index in [1.54, 1.807) is 0 Å². The van der Waals surface area contributed by atoms with Gasteiger partial charge in [0.2, 0.25) is 0 Å². The van der Waals surface area contributed by atoms with Gasteiger partial charge in [-0.15, -0.1) is 41.4 Å². The topological polar surface area (TPSA) is 51.4 Å². The molecule has 246 valence electrons. The number of pyridine rings is 2. The van der Waals surface area contributed by atoms with Crippen molar-refractivity contribution in [3.05, 3.63) is 128 Å². The molecule has 0 N–H and O–H groups in total. The maximum absolute atomic E-state index is 6.49. The SMILES string of the molecule is CN1[CH-]N(c2[c-]c(Oc3[c-]c4c(cc3)c3ccccc3n4-c3cc(C(C)(C)C)ccn3)ccc2)c2cc3c4cccnc4n(C)c3cc21.[Pt]. The van der Waals surface area contributed by atoms with Crippen LogP contribution in [0.4, 0.5) is 17.1 Å². The Morgan fingerprint density at radius 3 is 2.37 bits per heavy atom. The molecule has 0 atom stereocenters. The molecule has 0 fully saturated rings. The second-order valence-electron chi connectivity index (χ2n) is 13.5. The molecule has 4 aromatic carbocycles. The van der Waals surface area contributed by atoms with Crippen molar-refractivity contribution in [1.82, 2.24) is 19.1 Å². The normalized spacial score (nSPS) is 13.1. The van der Waals surface area contributed by atoms with Gasteiger partial charge in [-0.05, 0) is 65.9 Å². The molecule has 5 heterocycles. The van der Waals surface area contributed by atoms with Gasteiger partial charge in [-0.2, -0.15) is 18.8 Å². The zero-order chi connectivity index (χ0) is 32.7. The predicted octanol–water partition coefficient (Wildman–Crippen LogP) is 9.61. The molecule has 4 aromatic heterocycles. The molecular formula is C41H33N6OPt-3. The van der Waals surface area contributed by atoms with Crippen molar-refractivity contribution >= 4 is 60.8 Å². The van der Waals surface area contributed by atoms with Gasteiger partial charge in [0.1, 0.15) is 11.5 Å². The van der Waals surface area contributed by atoms with Gasteiger partial charge >= 0.3 is 0 Å². The van der Waals surface area contributed by atoms with Crippen LogP contribution in [0.15, 0.2) is 103 Å². The first-order valence-corrected chi connectivity index (χ1v) is 16.1. The van der Waals surface area contributed by atoms with Crippen molar-refractivity contribution in [2.75, 3.05) is 16.8 Å². The first kappa shape index (κ1) is 31.2. The average molecular weight is 821 g/mol. The minimum Gasteiger partial charge on any atom is -0.509 e. The summed E-state index contributed by atoms with van der Waals surface area (Å²) in [5.41, 5.74) is 8.42. The summed E-state index contributed by atoms with van der Waals surface area (Å²) in [5, 5.41) is 4.55. The summed E-state index contributed by atoms with van der Waals surface area (Å²) in [5.74, 6) is 2.08. The van der Waals surface area contributed by atoms with E-state index >= 15 is 0 Å². The third kappa shape index (κ3) is 4.98. The van der Waals surface area contributed by atoms with Crippen LogP contribution >= 0.6 is 0 Å². The maximum Gasteiger partial charge on any atom is 0.140 e. The molecular weight excluding hydrogens is 788 g/mol. The summed E-state index contributed by atoms with van der Waals surface area (Å²) < 4.78 is 10.8. The molecule has 0 saturated carbocycles. The van der Waals surface area contributed by atoms with Crippen LogP contribution in [0.5, 0.6) is 11.5 Å². The predicted molar refractivity (Wildman–Crippen MR) is 195 cm³/mol. The molecule has 8 aromatic rings. The number of fused-ring (bicyclic) bond motifs is 7. The molecule has 0 unspecified atom stereocenters. The standard InChI is InChI=1S/C41H33N6O.Pt/c1-41(2,3)26-17-19-42-39(20-26)47-34-14-7-6-12-30(34)31-16-15-29(22-36(31)47)48-28-11-8-10-27(21-28)46-25-44(4)37-24-35-33(23-38(37)46)32-13-9-18-43-40(32)45(35)5;/h6-20,23-25H,1-5H3;/q-3;. The Balaban J connectivity index is 0.00000348. The van der Waals surface area contributed by atoms with Crippen LogP contribution in [-0.4, -0.2) is 26.1 Å². The molecule has 1 aliphatic heterocycles. The van der Waals surface area contributed by atoms with Crippen LogP contribution in [0.25, 0.3) is 49.6 Å². The molecule has 8 heteroatoms. The third-order valence-electron chi connectivity index (χ3n) is 9.41. The van der Waals surface area contributed by atoms with Crippen molar-refractivity contribution in [1.29, 1.82) is 0 Å². The van der Waals surface area contributed by atoms with Gasteiger partial charge in [0.25, 0.3) is 0 Å². The monoisotopic (exact) mass is 820 g/mol. The number of hydrogen-bond acceptors (Lipinski definition) is 5. The number of anilines is 3. The van der Waals surface area contributed by atoms with Gasteiger partial charge < -0.3 is 23.7 Å². The molecule has 0 saturated heterocycles. The van der Waals surface area contributed by atoms with Crippen LogP contribution in [0.2, 0.25) is 0 Å². The quantitative estimate of drug-likeness (QED) is 0.166. The van der Waals surface area contributed by atoms with Crippen LogP contribution in [0.1, 0.15) is 26.3 Å². The van der Waals surface area contributed by atoms with Crippen LogP contribution in [-0.2, 0) is 33.5 Å². The number of rotatable bonds is 4. The number of ether oxygens (including phenoxy) is 1. The van der Waals surface area contributed by atoms with Crippen molar-refractivity contribution < 1.29 is 25.8 Å². The largest absolute Gasteiger partial charge is 0.509 e. The van der Waals surface area contributed by atoms with Crippen LogP contribution in [0, 0.1) is 18.8 Å². The molecule has 0 radical (unpaired) electrons. The first-order valence-electron chi connectivity index (χ1n) is 16.1. The van der Waals surface area contributed by atoms with Crippen molar-refractivity contribution in [3.8, 4) is 17.3 Å². The molecule has 0 amide bonds. The zero-order valence-corrected chi connectivity index (χ0v) is 30.1. The Kier molecular flexibility index (Phi) is 7.31. The van der Waals surface area contributed by atoms with E-state index in [1.807, 2.05) is 36.7 Å². The number of nitrogens with zero attached hydrogens (tertiary/aromatic N) is 6. The maximum atomic E-state index is 6.49. The average Bonchev–Trinajstić information content (AvgIpc) is 3.70. The van der Waals surface area contributed by atoms with Crippen molar-refractivity contribution in [2.24, 2.45) is 7.05 Å². The fourth-order valence-corrected chi connectivity index (χ4v) is 6.95. The molecule has 0 spiro atoms. The van der Waals surface area contributed by atoms with Crippen LogP contribution in [0.3, 0.4) is 0 Å². The fraction of sp³-hybridized carbons (Fsp3) is 0.146. The number of aryl methyl sites for hydroxylation is 1. The summed E-state index contributed by atoms with van der Waals surface area (Å²) in [7, 11) is 4.14. The molecule has 49 heavy (non-hydrogen) atoms. The van der Waals surface area contributed by atoms with E-state index in [-0.39, 0.29) is 26.5 Å². The summed E-state index contributed by atoms with van der Waals surface area (Å²) in [4.78, 5) is 13.7. The molecule has 9 rings (SSSR count). The summed E-state index contributed by atoms with van der Waals surface area (Å²) in [6.07, 6.45) is 3.74. The van der Waals surface area contributed by atoms with Gasteiger partial charge in [0.15, 0.2) is 0 Å². The van der Waals surface area contributed by atoms with E-state index in [1.165, 1.54) is 10.9 Å². The Morgan fingerprint density at radius 2 is 1.51 bits per heavy atom. The van der Waals surface area contributed by atoms with Gasteiger partial charge in [-0.3, -0.25) is 0 Å². The fourth-order valence-electron chi connectivity index (χ4n) is 6.95. The zero-order valence-electron chi connectivity index (χ0n) is 27.8. The van der Waals surface area contributed by atoms with Crippen molar-refractivity contribution in [3.63, 3.8) is 0 Å². The van der Waals surface area contributed by atoms with Gasteiger partial charge in [0.05, 0.1) is 5.52 Å². The summed E-state index contributed by atoms with van der Waals surface area (Å²) >= 11 is 0. The molecule has 0 aliphatic carbocycles. The third-order valence-corrected chi connectivity index (χ3v) is 9.41.